The van der Waals surface area contributed by atoms with Gasteiger partial charge in [0.25, 0.3) is 0 Å². The zero-order valence-corrected chi connectivity index (χ0v) is 19.5. The first kappa shape index (κ1) is 24.7. The number of aryl methyl sites for hydroxylation is 2. The number of carbonyl (C=O) groups excluding carboxylic acids is 1. The van der Waals surface area contributed by atoms with Crippen LogP contribution in [0.3, 0.4) is 0 Å². The van der Waals surface area contributed by atoms with Crippen LogP contribution >= 0.6 is 24.0 Å². The van der Waals surface area contributed by atoms with E-state index in [0.29, 0.717) is 5.96 Å². The molecule has 0 aliphatic heterocycles. The summed E-state index contributed by atoms with van der Waals surface area (Å²) in [7, 11) is 5.45. The summed E-state index contributed by atoms with van der Waals surface area (Å²) in [4.78, 5) is 17.8. The number of halogens is 1. The Bertz CT molecular complexity index is 597. The van der Waals surface area contributed by atoms with Crippen LogP contribution in [0.2, 0.25) is 0 Å². The van der Waals surface area contributed by atoms with Gasteiger partial charge in [0, 0.05) is 39.4 Å². The molecule has 0 spiro atoms. The molecule has 0 bridgehead atoms. The molecule has 0 saturated heterocycles. The molecule has 0 saturated carbocycles. The molecule has 0 aromatic carbocycles. The molecule has 150 valence electrons. The lowest BCUT2D eigenvalue weighted by Gasteiger charge is -2.19. The smallest absolute Gasteiger partial charge is 0.243 e. The van der Waals surface area contributed by atoms with E-state index in [4.69, 9.17) is 0 Å². The van der Waals surface area contributed by atoms with Crippen LogP contribution in [0.4, 0.5) is 0 Å². The Morgan fingerprint density at radius 3 is 2.50 bits per heavy atom. The van der Waals surface area contributed by atoms with Crippen molar-refractivity contribution in [3.8, 4) is 0 Å². The lowest BCUT2D eigenvalue weighted by Crippen LogP contribution is -2.44. The van der Waals surface area contributed by atoms with Gasteiger partial charge in [-0.15, -0.1) is 24.0 Å². The minimum absolute atomic E-state index is 0. The monoisotopic (exact) mass is 478 g/mol. The molecule has 1 atom stereocenters. The average molecular weight is 478 g/mol. The van der Waals surface area contributed by atoms with Crippen LogP contribution in [0.1, 0.15) is 43.6 Å². The molecule has 1 aromatic heterocycles. The molecular formula is C18H35IN6O. The van der Waals surface area contributed by atoms with Crippen LogP contribution in [0.5, 0.6) is 0 Å². The Labute approximate surface area is 175 Å². The van der Waals surface area contributed by atoms with E-state index in [1.54, 1.807) is 19.0 Å². The van der Waals surface area contributed by atoms with Gasteiger partial charge in [-0.2, -0.15) is 5.10 Å². The van der Waals surface area contributed by atoms with Gasteiger partial charge in [0.2, 0.25) is 5.91 Å². The maximum Gasteiger partial charge on any atom is 0.243 e. The normalized spacial score (nSPS) is 12.3. The summed E-state index contributed by atoms with van der Waals surface area (Å²) in [6.07, 6.45) is 3.04. The second-order valence-electron chi connectivity index (χ2n) is 6.76. The largest absolute Gasteiger partial charge is 0.356 e. The summed E-state index contributed by atoms with van der Waals surface area (Å²) in [6.45, 7) is 9.39. The molecule has 1 heterocycles. The predicted molar refractivity (Wildman–Crippen MR) is 118 cm³/mol. The Kier molecular flexibility index (Phi) is 11.5. The number of aliphatic imine (C=N–C) groups is 1. The van der Waals surface area contributed by atoms with Crippen LogP contribution in [0.25, 0.3) is 0 Å². The van der Waals surface area contributed by atoms with E-state index in [9.17, 15) is 4.79 Å². The highest BCUT2D eigenvalue weighted by molar-refractivity contribution is 14.0. The molecule has 2 N–H and O–H groups in total. The Morgan fingerprint density at radius 2 is 2.00 bits per heavy atom. The molecule has 1 unspecified atom stereocenters. The number of guanidine groups is 1. The van der Waals surface area contributed by atoms with Gasteiger partial charge in [-0.1, -0.05) is 13.3 Å². The van der Waals surface area contributed by atoms with Crippen molar-refractivity contribution in [2.24, 2.45) is 12.0 Å². The zero-order valence-electron chi connectivity index (χ0n) is 17.2. The number of amides is 1. The van der Waals surface area contributed by atoms with Gasteiger partial charge in [0.1, 0.15) is 6.54 Å². The second-order valence-corrected chi connectivity index (χ2v) is 6.76. The van der Waals surface area contributed by atoms with Crippen molar-refractivity contribution in [3.05, 3.63) is 17.0 Å². The first-order valence-corrected chi connectivity index (χ1v) is 9.00. The molecule has 1 aromatic rings. The fraction of sp³-hybridized carbons (Fsp3) is 0.722. The number of hydrogen-bond acceptors (Lipinski definition) is 3. The third-order valence-corrected chi connectivity index (χ3v) is 4.25. The number of carbonyl (C=O) groups is 1. The van der Waals surface area contributed by atoms with Crippen molar-refractivity contribution in [2.75, 3.05) is 27.2 Å². The summed E-state index contributed by atoms with van der Waals surface area (Å²) in [5.41, 5.74) is 3.51. The van der Waals surface area contributed by atoms with E-state index in [1.807, 2.05) is 18.7 Å². The number of nitrogens with zero attached hydrogens (tertiary/aromatic N) is 4. The topological polar surface area (TPSA) is 74.6 Å². The first-order chi connectivity index (χ1) is 11.8. The Hall–Kier alpha value is -1.32. The minimum Gasteiger partial charge on any atom is -0.356 e. The van der Waals surface area contributed by atoms with Gasteiger partial charge in [0.15, 0.2) is 5.96 Å². The van der Waals surface area contributed by atoms with Gasteiger partial charge < -0.3 is 15.5 Å². The number of rotatable bonds is 8. The molecule has 0 radical (unpaired) electrons. The van der Waals surface area contributed by atoms with Gasteiger partial charge in [-0.05, 0) is 39.2 Å². The van der Waals surface area contributed by atoms with E-state index in [-0.39, 0.29) is 42.5 Å². The maximum atomic E-state index is 11.8. The lowest BCUT2D eigenvalue weighted by molar-refractivity contribution is -0.127. The number of likely N-dealkylation sites (N-methyl/N-ethyl adjacent to an activating group) is 1. The second kappa shape index (κ2) is 12.1. The summed E-state index contributed by atoms with van der Waals surface area (Å²) in [5, 5.41) is 11.2. The van der Waals surface area contributed by atoms with Crippen molar-refractivity contribution >= 4 is 35.8 Å². The molecule has 0 aliphatic carbocycles. The fourth-order valence-electron chi connectivity index (χ4n) is 2.53. The van der Waals surface area contributed by atoms with E-state index in [0.717, 1.165) is 31.5 Å². The third-order valence-electron chi connectivity index (χ3n) is 4.25. The first-order valence-electron chi connectivity index (χ1n) is 9.00. The molecule has 1 rings (SSSR count). The Morgan fingerprint density at radius 1 is 1.35 bits per heavy atom. The molecular weight excluding hydrogens is 443 g/mol. The summed E-state index contributed by atoms with van der Waals surface area (Å²) in [6, 6.07) is 0.184. The number of aromatic nitrogens is 2. The van der Waals surface area contributed by atoms with Gasteiger partial charge in [-0.3, -0.25) is 9.48 Å². The van der Waals surface area contributed by atoms with E-state index in [2.05, 4.69) is 41.5 Å². The van der Waals surface area contributed by atoms with E-state index < -0.39 is 0 Å². The highest BCUT2D eigenvalue weighted by Crippen LogP contribution is 2.14. The summed E-state index contributed by atoms with van der Waals surface area (Å²) in [5.74, 6) is 0.679. The SMILES string of the molecule is CCCCNC(=NCC(=O)N(C)C)NC(C)Cc1c(C)nn(C)c1C.I. The van der Waals surface area contributed by atoms with Crippen molar-refractivity contribution in [1.82, 2.24) is 25.3 Å². The zero-order chi connectivity index (χ0) is 19.0. The van der Waals surface area contributed by atoms with Gasteiger partial charge >= 0.3 is 0 Å². The minimum atomic E-state index is -0.0109. The van der Waals surface area contributed by atoms with Gasteiger partial charge in [-0.25, -0.2) is 4.99 Å². The Balaban J connectivity index is 0.00000625. The fourth-order valence-corrected chi connectivity index (χ4v) is 2.53. The van der Waals surface area contributed by atoms with Crippen LogP contribution in [-0.2, 0) is 18.3 Å². The lowest BCUT2D eigenvalue weighted by atomic mass is 10.1. The molecule has 8 heteroatoms. The van der Waals surface area contributed by atoms with E-state index in [1.165, 1.54) is 11.3 Å². The van der Waals surface area contributed by atoms with Crippen LogP contribution in [-0.4, -0.2) is 59.8 Å². The highest BCUT2D eigenvalue weighted by atomic mass is 127. The quantitative estimate of drug-likeness (QED) is 0.260. The number of hydrogen-bond donors (Lipinski definition) is 2. The van der Waals surface area contributed by atoms with Crippen molar-refractivity contribution in [1.29, 1.82) is 0 Å². The van der Waals surface area contributed by atoms with Crippen molar-refractivity contribution < 1.29 is 4.79 Å². The molecule has 0 aliphatic rings. The predicted octanol–water partition coefficient (Wildman–Crippen LogP) is 2.01. The average Bonchev–Trinajstić information content (AvgIpc) is 2.78. The summed E-state index contributed by atoms with van der Waals surface area (Å²) >= 11 is 0. The standard InChI is InChI=1S/C18H34N6O.HI/c1-8-9-10-19-18(20-12-17(25)23(5)6)21-13(2)11-16-14(3)22-24(7)15(16)4;/h13H,8-12H2,1-7H3,(H2,19,20,21);1H. The van der Waals surface area contributed by atoms with Crippen LogP contribution in [0, 0.1) is 13.8 Å². The number of nitrogens with one attached hydrogen (secondary N) is 2. The third kappa shape index (κ3) is 7.92. The van der Waals surface area contributed by atoms with Crippen molar-refractivity contribution in [2.45, 2.75) is 53.0 Å². The maximum absolute atomic E-state index is 11.8. The highest BCUT2D eigenvalue weighted by Gasteiger charge is 2.14. The summed E-state index contributed by atoms with van der Waals surface area (Å²) < 4.78 is 1.92. The van der Waals surface area contributed by atoms with Crippen LogP contribution in [0.15, 0.2) is 4.99 Å². The van der Waals surface area contributed by atoms with Crippen molar-refractivity contribution in [3.63, 3.8) is 0 Å². The molecule has 1 amide bonds. The molecule has 7 nitrogen and oxygen atoms in total. The number of unbranched alkanes of at least 4 members (excludes halogenated alkanes) is 1. The van der Waals surface area contributed by atoms with E-state index >= 15 is 0 Å². The van der Waals surface area contributed by atoms with Crippen LogP contribution < -0.4 is 10.6 Å². The molecule has 26 heavy (non-hydrogen) atoms. The van der Waals surface area contributed by atoms with Gasteiger partial charge in [0.05, 0.1) is 5.69 Å². The molecule has 0 fully saturated rings.